The van der Waals surface area contributed by atoms with E-state index in [4.69, 9.17) is 4.74 Å². The number of aliphatic imine (C=N–C) groups is 1. The van der Waals surface area contributed by atoms with Gasteiger partial charge in [0.2, 0.25) is 0 Å². The Morgan fingerprint density at radius 1 is 1.19 bits per heavy atom. The van der Waals surface area contributed by atoms with Gasteiger partial charge in [-0.25, -0.2) is 9.78 Å². The molecule has 0 aliphatic carbocycles. The summed E-state index contributed by atoms with van der Waals surface area (Å²) in [4.78, 5) is 20.8. The maximum absolute atomic E-state index is 12.3. The highest BCUT2D eigenvalue weighted by molar-refractivity contribution is 5.80. The largest absolute Gasteiger partial charge is 0.444 e. The van der Waals surface area contributed by atoms with Crippen LogP contribution in [0.25, 0.3) is 11.4 Å². The Kier molecular flexibility index (Phi) is 8.41. The smallest absolute Gasteiger partial charge is 0.408 e. The summed E-state index contributed by atoms with van der Waals surface area (Å²) in [5.74, 6) is 1.38. The molecule has 0 aliphatic rings. The minimum Gasteiger partial charge on any atom is -0.444 e. The van der Waals surface area contributed by atoms with E-state index in [0.29, 0.717) is 19.0 Å². The molecule has 0 aliphatic heterocycles. The number of nitrogens with zero attached hydrogens (tertiary/aromatic N) is 3. The molecule has 1 aromatic heterocycles. The standard InChI is InChI=1S/C22H35N7O2/c1-7-22(8-2,28-20(30)31-21(3,4)5)14-25-19(23-6)24-13-16-10-9-11-17(12-16)18-26-15-27-29-18/h9-12,15H,7-8,13-14H2,1-6H3,(H,28,30)(H2,23,24,25)(H,26,27,29). The van der Waals surface area contributed by atoms with Crippen LogP contribution in [0.5, 0.6) is 0 Å². The van der Waals surface area contributed by atoms with Gasteiger partial charge in [0.25, 0.3) is 0 Å². The molecule has 0 saturated heterocycles. The monoisotopic (exact) mass is 429 g/mol. The number of benzene rings is 1. The fourth-order valence-corrected chi connectivity index (χ4v) is 3.07. The maximum Gasteiger partial charge on any atom is 0.408 e. The molecule has 9 heteroatoms. The molecule has 1 amide bonds. The first-order chi connectivity index (χ1) is 14.7. The van der Waals surface area contributed by atoms with Gasteiger partial charge in [-0.15, -0.1) is 0 Å². The molecule has 2 rings (SSSR count). The molecule has 0 saturated carbocycles. The first-order valence-corrected chi connectivity index (χ1v) is 10.6. The number of guanidine groups is 1. The van der Waals surface area contributed by atoms with E-state index in [1.165, 1.54) is 6.33 Å². The molecule has 0 unspecified atom stereocenters. The summed E-state index contributed by atoms with van der Waals surface area (Å²) in [6.07, 6.45) is 2.59. The Morgan fingerprint density at radius 2 is 1.94 bits per heavy atom. The van der Waals surface area contributed by atoms with Gasteiger partial charge in [0, 0.05) is 25.7 Å². The lowest BCUT2D eigenvalue weighted by atomic mass is 9.93. The predicted molar refractivity (Wildman–Crippen MR) is 123 cm³/mol. The van der Waals surface area contributed by atoms with Gasteiger partial charge in [0.05, 0.1) is 5.54 Å². The van der Waals surface area contributed by atoms with Crippen molar-refractivity contribution in [2.24, 2.45) is 4.99 Å². The summed E-state index contributed by atoms with van der Waals surface area (Å²) >= 11 is 0. The molecule has 31 heavy (non-hydrogen) atoms. The lowest BCUT2D eigenvalue weighted by Crippen LogP contribution is -2.57. The predicted octanol–water partition coefficient (Wildman–Crippen LogP) is 3.22. The molecular weight excluding hydrogens is 394 g/mol. The van der Waals surface area contributed by atoms with E-state index in [0.717, 1.165) is 29.8 Å². The van der Waals surface area contributed by atoms with Crippen molar-refractivity contribution >= 4 is 12.1 Å². The molecule has 0 radical (unpaired) electrons. The number of aromatic amines is 1. The summed E-state index contributed by atoms with van der Waals surface area (Å²) < 4.78 is 5.44. The topological polar surface area (TPSA) is 116 Å². The minimum atomic E-state index is -0.539. The fourth-order valence-electron chi connectivity index (χ4n) is 3.07. The van der Waals surface area contributed by atoms with E-state index in [-0.39, 0.29) is 0 Å². The zero-order valence-electron chi connectivity index (χ0n) is 19.4. The summed E-state index contributed by atoms with van der Waals surface area (Å²) in [5, 5.41) is 16.5. The van der Waals surface area contributed by atoms with Crippen LogP contribution in [0.1, 0.15) is 53.0 Å². The first-order valence-electron chi connectivity index (χ1n) is 10.6. The third-order valence-corrected chi connectivity index (χ3v) is 5.01. The average Bonchev–Trinajstić information content (AvgIpc) is 3.27. The van der Waals surface area contributed by atoms with Gasteiger partial charge in [0.15, 0.2) is 11.8 Å². The molecule has 1 heterocycles. The molecular formula is C22H35N7O2. The Morgan fingerprint density at radius 3 is 2.52 bits per heavy atom. The van der Waals surface area contributed by atoms with Crippen molar-refractivity contribution in [1.82, 2.24) is 31.1 Å². The number of hydrogen-bond donors (Lipinski definition) is 4. The van der Waals surface area contributed by atoms with E-state index in [1.54, 1.807) is 7.05 Å². The number of rotatable bonds is 8. The van der Waals surface area contributed by atoms with E-state index in [2.05, 4.69) is 36.1 Å². The number of amides is 1. The Hall–Kier alpha value is -3.10. The molecule has 9 nitrogen and oxygen atoms in total. The van der Waals surface area contributed by atoms with Gasteiger partial charge in [-0.05, 0) is 45.2 Å². The number of H-pyrrole nitrogens is 1. The van der Waals surface area contributed by atoms with Crippen molar-refractivity contribution in [1.29, 1.82) is 0 Å². The van der Waals surface area contributed by atoms with Crippen LogP contribution in [-0.2, 0) is 11.3 Å². The molecule has 0 spiro atoms. The normalized spacial score (nSPS) is 12.4. The average molecular weight is 430 g/mol. The first kappa shape index (κ1) is 24.2. The summed E-state index contributed by atoms with van der Waals surface area (Å²) in [7, 11) is 1.72. The second-order valence-corrected chi connectivity index (χ2v) is 8.43. The number of carbonyl (C=O) groups excluding carboxylic acids is 1. The maximum atomic E-state index is 12.3. The number of alkyl carbamates (subject to hydrolysis) is 1. The van der Waals surface area contributed by atoms with Crippen LogP contribution in [0, 0.1) is 0 Å². The third-order valence-electron chi connectivity index (χ3n) is 5.01. The third kappa shape index (κ3) is 7.58. The highest BCUT2D eigenvalue weighted by Crippen LogP contribution is 2.17. The van der Waals surface area contributed by atoms with Crippen molar-refractivity contribution in [3.8, 4) is 11.4 Å². The quantitative estimate of drug-likeness (QED) is 0.378. The SMILES string of the molecule is CCC(CC)(CNC(=NC)NCc1cccc(-c2ncn[nH]2)c1)NC(=O)OC(C)(C)C. The van der Waals surface area contributed by atoms with Gasteiger partial charge in [-0.3, -0.25) is 10.1 Å². The second kappa shape index (κ2) is 10.8. The fraction of sp³-hybridized carbons (Fsp3) is 0.545. The summed E-state index contributed by atoms with van der Waals surface area (Å²) in [6.45, 7) is 10.8. The van der Waals surface area contributed by atoms with Crippen LogP contribution < -0.4 is 16.0 Å². The van der Waals surface area contributed by atoms with Gasteiger partial charge in [-0.2, -0.15) is 5.10 Å². The van der Waals surface area contributed by atoms with E-state index >= 15 is 0 Å². The van der Waals surface area contributed by atoms with E-state index in [1.807, 2.05) is 58.9 Å². The number of carbonyl (C=O) groups is 1. The van der Waals surface area contributed by atoms with Crippen molar-refractivity contribution < 1.29 is 9.53 Å². The second-order valence-electron chi connectivity index (χ2n) is 8.43. The highest BCUT2D eigenvalue weighted by atomic mass is 16.6. The molecule has 0 fully saturated rings. The van der Waals surface area contributed by atoms with Crippen LogP contribution in [0.2, 0.25) is 0 Å². The van der Waals surface area contributed by atoms with Crippen LogP contribution >= 0.6 is 0 Å². The van der Waals surface area contributed by atoms with Crippen LogP contribution in [0.15, 0.2) is 35.6 Å². The highest BCUT2D eigenvalue weighted by Gasteiger charge is 2.30. The zero-order chi connectivity index (χ0) is 22.9. The van der Waals surface area contributed by atoms with Crippen LogP contribution in [0.4, 0.5) is 4.79 Å². The van der Waals surface area contributed by atoms with Gasteiger partial charge < -0.3 is 20.7 Å². The number of ether oxygens (including phenoxy) is 1. The van der Waals surface area contributed by atoms with Gasteiger partial charge in [-0.1, -0.05) is 32.0 Å². The molecule has 170 valence electrons. The molecule has 4 N–H and O–H groups in total. The minimum absolute atomic E-state index is 0.412. The summed E-state index contributed by atoms with van der Waals surface area (Å²) in [5.41, 5.74) is 1.08. The van der Waals surface area contributed by atoms with Crippen molar-refractivity contribution in [2.45, 2.75) is 65.1 Å². The lowest BCUT2D eigenvalue weighted by molar-refractivity contribution is 0.0448. The molecule has 0 atom stereocenters. The lowest BCUT2D eigenvalue weighted by Gasteiger charge is -2.34. The van der Waals surface area contributed by atoms with E-state index < -0.39 is 17.2 Å². The van der Waals surface area contributed by atoms with E-state index in [9.17, 15) is 4.79 Å². The summed E-state index contributed by atoms with van der Waals surface area (Å²) in [6, 6.07) is 8.05. The molecule has 1 aromatic carbocycles. The van der Waals surface area contributed by atoms with Crippen molar-refractivity contribution in [2.75, 3.05) is 13.6 Å². The number of nitrogens with one attached hydrogen (secondary N) is 4. The Labute approximate surface area is 184 Å². The Balaban J connectivity index is 1.95. The van der Waals surface area contributed by atoms with Crippen molar-refractivity contribution in [3.63, 3.8) is 0 Å². The molecule has 2 aromatic rings. The van der Waals surface area contributed by atoms with Gasteiger partial charge in [0.1, 0.15) is 11.9 Å². The van der Waals surface area contributed by atoms with Crippen LogP contribution in [0.3, 0.4) is 0 Å². The molecule has 0 bridgehead atoms. The van der Waals surface area contributed by atoms with Crippen molar-refractivity contribution in [3.05, 3.63) is 36.2 Å². The van der Waals surface area contributed by atoms with Crippen LogP contribution in [-0.4, -0.2) is 52.0 Å². The number of hydrogen-bond acceptors (Lipinski definition) is 5. The van der Waals surface area contributed by atoms with Gasteiger partial charge >= 0.3 is 6.09 Å². The number of aromatic nitrogens is 3. The zero-order valence-corrected chi connectivity index (χ0v) is 19.4. The Bertz CT molecular complexity index is 853.